The predicted octanol–water partition coefficient (Wildman–Crippen LogP) is 2.59. The second kappa shape index (κ2) is 7.78. The van der Waals surface area contributed by atoms with Crippen LogP contribution in [0.25, 0.3) is 0 Å². The molecule has 2 rings (SSSR count). The van der Waals surface area contributed by atoms with Gasteiger partial charge in [0, 0.05) is 31.2 Å². The second-order valence-electron chi connectivity index (χ2n) is 5.72. The molecule has 0 radical (unpaired) electrons. The zero-order chi connectivity index (χ0) is 15.2. The van der Waals surface area contributed by atoms with Gasteiger partial charge in [-0.15, -0.1) is 0 Å². The molecule has 4 nitrogen and oxygen atoms in total. The summed E-state index contributed by atoms with van der Waals surface area (Å²) in [5.74, 6) is 0.974. The van der Waals surface area contributed by atoms with E-state index < -0.39 is 0 Å². The first-order chi connectivity index (χ1) is 10.2. The summed E-state index contributed by atoms with van der Waals surface area (Å²) in [6.45, 7) is 8.11. The number of hydrogen-bond donors (Lipinski definition) is 1. The average molecular weight is 292 g/mol. The van der Waals surface area contributed by atoms with Gasteiger partial charge in [0.2, 0.25) is 0 Å². The quantitative estimate of drug-likeness (QED) is 0.874. The van der Waals surface area contributed by atoms with Gasteiger partial charge in [0.05, 0.1) is 19.8 Å². The number of nitrogens with one attached hydrogen (secondary N) is 1. The maximum absolute atomic E-state index is 5.75. The molecule has 1 aromatic carbocycles. The van der Waals surface area contributed by atoms with Gasteiger partial charge in [0.15, 0.2) is 0 Å². The Bertz CT molecular complexity index is 450. The molecule has 0 spiro atoms. The Hall–Kier alpha value is -1.10. The van der Waals surface area contributed by atoms with E-state index in [-0.39, 0.29) is 0 Å². The largest absolute Gasteiger partial charge is 0.496 e. The number of benzene rings is 1. The van der Waals surface area contributed by atoms with E-state index in [1.165, 1.54) is 11.1 Å². The highest BCUT2D eigenvalue weighted by Gasteiger charge is 2.20. The summed E-state index contributed by atoms with van der Waals surface area (Å²) < 4.78 is 11.3. The van der Waals surface area contributed by atoms with E-state index in [1.807, 2.05) is 7.05 Å². The molecule has 1 heterocycles. The Labute approximate surface area is 128 Å². The highest BCUT2D eigenvalue weighted by atomic mass is 16.5. The van der Waals surface area contributed by atoms with E-state index in [2.05, 4.69) is 42.3 Å². The molecule has 1 saturated heterocycles. The second-order valence-corrected chi connectivity index (χ2v) is 5.72. The van der Waals surface area contributed by atoms with Crippen molar-refractivity contribution in [1.29, 1.82) is 0 Å². The number of rotatable bonds is 6. The van der Waals surface area contributed by atoms with Gasteiger partial charge in [-0.2, -0.15) is 0 Å². The van der Waals surface area contributed by atoms with E-state index in [4.69, 9.17) is 9.47 Å². The molecule has 1 N–H and O–H groups in total. The van der Waals surface area contributed by atoms with Crippen LogP contribution in [0.4, 0.5) is 0 Å². The van der Waals surface area contributed by atoms with E-state index in [1.54, 1.807) is 7.11 Å². The van der Waals surface area contributed by atoms with Crippen LogP contribution in [0.5, 0.6) is 5.75 Å². The first-order valence-corrected chi connectivity index (χ1v) is 7.86. The molecule has 2 atom stereocenters. The normalized spacial score (nSPS) is 21.2. The summed E-state index contributed by atoms with van der Waals surface area (Å²) in [5.41, 5.74) is 2.56. The molecule has 0 aromatic heterocycles. The minimum absolute atomic E-state index is 0.350. The summed E-state index contributed by atoms with van der Waals surface area (Å²) in [7, 11) is 3.73. The van der Waals surface area contributed by atoms with Gasteiger partial charge in [0.1, 0.15) is 5.75 Å². The molecule has 0 saturated carbocycles. The van der Waals surface area contributed by atoms with E-state index in [0.717, 1.165) is 38.4 Å². The van der Waals surface area contributed by atoms with E-state index >= 15 is 0 Å². The summed E-state index contributed by atoms with van der Waals surface area (Å²) in [6, 6.07) is 6.83. The van der Waals surface area contributed by atoms with Crippen molar-refractivity contribution in [3.8, 4) is 5.75 Å². The van der Waals surface area contributed by atoms with Crippen molar-refractivity contribution < 1.29 is 9.47 Å². The van der Waals surface area contributed by atoms with Gasteiger partial charge in [-0.3, -0.25) is 4.90 Å². The Morgan fingerprint density at radius 1 is 1.48 bits per heavy atom. The van der Waals surface area contributed by atoms with Gasteiger partial charge in [-0.05, 0) is 38.1 Å². The zero-order valence-corrected chi connectivity index (χ0v) is 13.7. The van der Waals surface area contributed by atoms with Gasteiger partial charge in [0.25, 0.3) is 0 Å². The van der Waals surface area contributed by atoms with Gasteiger partial charge < -0.3 is 14.8 Å². The standard InChI is InChI=1S/C17H28N2O2/c1-5-16-12-19(8-9-21-16)11-15-10-14(13(2)18-3)6-7-17(15)20-4/h6-7,10,13,16,18H,5,8-9,11-12H2,1-4H3. The molecule has 0 aliphatic carbocycles. The molecule has 1 fully saturated rings. The third-order valence-electron chi connectivity index (χ3n) is 4.31. The Balaban J connectivity index is 2.13. The van der Waals surface area contributed by atoms with Crippen molar-refractivity contribution in [2.75, 3.05) is 33.9 Å². The van der Waals surface area contributed by atoms with Gasteiger partial charge in [-0.1, -0.05) is 13.0 Å². The lowest BCUT2D eigenvalue weighted by Crippen LogP contribution is -2.41. The van der Waals surface area contributed by atoms with E-state index in [0.29, 0.717) is 12.1 Å². The molecular weight excluding hydrogens is 264 g/mol. The minimum atomic E-state index is 0.350. The first-order valence-electron chi connectivity index (χ1n) is 7.86. The van der Waals surface area contributed by atoms with E-state index in [9.17, 15) is 0 Å². The third kappa shape index (κ3) is 4.19. The minimum Gasteiger partial charge on any atom is -0.496 e. The molecule has 2 unspecified atom stereocenters. The van der Waals surface area contributed by atoms with Crippen LogP contribution in [0.15, 0.2) is 18.2 Å². The Kier molecular flexibility index (Phi) is 6.03. The molecule has 1 aliphatic heterocycles. The fraction of sp³-hybridized carbons (Fsp3) is 0.647. The van der Waals surface area contributed by atoms with Crippen LogP contribution in [0, 0.1) is 0 Å². The monoisotopic (exact) mass is 292 g/mol. The van der Waals surface area contributed by atoms with Crippen LogP contribution in [0.1, 0.15) is 37.4 Å². The van der Waals surface area contributed by atoms with Crippen LogP contribution >= 0.6 is 0 Å². The summed E-state index contributed by atoms with van der Waals surface area (Å²) >= 11 is 0. The van der Waals surface area contributed by atoms with Gasteiger partial charge in [-0.25, -0.2) is 0 Å². The van der Waals surface area contributed by atoms with Crippen LogP contribution < -0.4 is 10.1 Å². The topological polar surface area (TPSA) is 33.7 Å². The average Bonchev–Trinajstić information content (AvgIpc) is 2.54. The molecule has 21 heavy (non-hydrogen) atoms. The molecule has 0 amide bonds. The van der Waals surface area contributed by atoms with Crippen LogP contribution in [-0.2, 0) is 11.3 Å². The molecule has 0 bridgehead atoms. The number of nitrogens with zero attached hydrogens (tertiary/aromatic N) is 1. The summed E-state index contributed by atoms with van der Waals surface area (Å²) in [5, 5.41) is 3.29. The molecule has 1 aromatic rings. The lowest BCUT2D eigenvalue weighted by Gasteiger charge is -2.33. The fourth-order valence-corrected chi connectivity index (χ4v) is 2.77. The van der Waals surface area contributed by atoms with Crippen molar-refractivity contribution in [1.82, 2.24) is 10.2 Å². The highest BCUT2D eigenvalue weighted by Crippen LogP contribution is 2.25. The van der Waals surface area contributed by atoms with Crippen molar-refractivity contribution >= 4 is 0 Å². The lowest BCUT2D eigenvalue weighted by molar-refractivity contribution is -0.0326. The predicted molar refractivity (Wildman–Crippen MR) is 85.8 cm³/mol. The van der Waals surface area contributed by atoms with Gasteiger partial charge >= 0.3 is 0 Å². The Morgan fingerprint density at radius 2 is 2.29 bits per heavy atom. The summed E-state index contributed by atoms with van der Waals surface area (Å²) in [6.07, 6.45) is 1.44. The molecule has 118 valence electrons. The van der Waals surface area contributed by atoms with Crippen molar-refractivity contribution in [2.45, 2.75) is 39.0 Å². The molecule has 4 heteroatoms. The SMILES string of the molecule is CCC1CN(Cc2cc(C(C)NC)ccc2OC)CCO1. The maximum atomic E-state index is 5.75. The van der Waals surface area contributed by atoms with Crippen LogP contribution in [0.3, 0.4) is 0 Å². The first kappa shape index (κ1) is 16.3. The number of methoxy groups -OCH3 is 1. The van der Waals surface area contributed by atoms with Crippen molar-refractivity contribution in [3.63, 3.8) is 0 Å². The van der Waals surface area contributed by atoms with Crippen LogP contribution in [-0.4, -0.2) is 44.9 Å². The number of ether oxygens (including phenoxy) is 2. The van der Waals surface area contributed by atoms with Crippen molar-refractivity contribution in [3.05, 3.63) is 29.3 Å². The number of morpholine rings is 1. The van der Waals surface area contributed by atoms with Crippen molar-refractivity contribution in [2.24, 2.45) is 0 Å². The fourth-order valence-electron chi connectivity index (χ4n) is 2.77. The summed E-state index contributed by atoms with van der Waals surface area (Å²) in [4.78, 5) is 2.46. The maximum Gasteiger partial charge on any atom is 0.123 e. The number of hydrogen-bond acceptors (Lipinski definition) is 4. The molecular formula is C17H28N2O2. The molecule has 1 aliphatic rings. The van der Waals surface area contributed by atoms with Crippen LogP contribution in [0.2, 0.25) is 0 Å². The highest BCUT2D eigenvalue weighted by molar-refractivity contribution is 5.38. The third-order valence-corrected chi connectivity index (χ3v) is 4.31. The zero-order valence-electron chi connectivity index (χ0n) is 13.7. The lowest BCUT2D eigenvalue weighted by atomic mass is 10.0. The smallest absolute Gasteiger partial charge is 0.123 e. The Morgan fingerprint density at radius 3 is 2.95 bits per heavy atom.